The quantitative estimate of drug-likeness (QED) is 0.172. The summed E-state index contributed by atoms with van der Waals surface area (Å²) in [5.41, 5.74) is 1.61. The predicted octanol–water partition coefficient (Wildman–Crippen LogP) is 3.06. The third-order valence-electron chi connectivity index (χ3n) is 5.04. The number of anilines is 2. The van der Waals surface area contributed by atoms with Crippen LogP contribution >= 0.6 is 12.2 Å². The van der Waals surface area contributed by atoms with Crippen LogP contribution in [0.25, 0.3) is 0 Å². The average molecular weight is 558 g/mol. The van der Waals surface area contributed by atoms with Crippen LogP contribution in [0.1, 0.15) is 24.8 Å². The standard InChI is InChI=1S/C25H27N5O6S2/c1-35-24-23(26-15-16-27-24)30-38(33,34)20-11-9-19(10-12-20)28-25(37)29-21(31)13-14-22(32)36-17-5-8-18-6-3-2-4-7-18/h2-4,6-7,9-12,15-16H,5,8,13-14,17H2,1H3,(H,26,30)(H2,28,29,31,37). The summed E-state index contributed by atoms with van der Waals surface area (Å²) in [6, 6.07) is 15.5. The van der Waals surface area contributed by atoms with E-state index in [1.807, 2.05) is 30.3 Å². The highest BCUT2D eigenvalue weighted by molar-refractivity contribution is 7.92. The number of aromatic nitrogens is 2. The van der Waals surface area contributed by atoms with Crippen LogP contribution in [0.3, 0.4) is 0 Å². The first-order chi connectivity index (χ1) is 18.3. The van der Waals surface area contributed by atoms with Gasteiger partial charge in [0.2, 0.25) is 11.7 Å². The zero-order chi connectivity index (χ0) is 27.4. The molecule has 3 aromatic rings. The molecular weight excluding hydrogens is 530 g/mol. The molecule has 1 aromatic heterocycles. The minimum Gasteiger partial charge on any atom is -0.478 e. The summed E-state index contributed by atoms with van der Waals surface area (Å²) in [6.45, 7) is 0.281. The molecule has 0 aliphatic heterocycles. The predicted molar refractivity (Wildman–Crippen MR) is 145 cm³/mol. The van der Waals surface area contributed by atoms with E-state index in [0.717, 1.165) is 6.42 Å². The summed E-state index contributed by atoms with van der Waals surface area (Å²) >= 11 is 5.13. The molecule has 3 N–H and O–H groups in total. The number of esters is 1. The Balaban J connectivity index is 1.39. The van der Waals surface area contributed by atoms with Gasteiger partial charge in [-0.1, -0.05) is 30.3 Å². The van der Waals surface area contributed by atoms with Gasteiger partial charge < -0.3 is 20.1 Å². The summed E-state index contributed by atoms with van der Waals surface area (Å²) in [4.78, 5) is 31.8. The molecule has 1 amide bonds. The molecule has 0 atom stereocenters. The van der Waals surface area contributed by atoms with Gasteiger partial charge in [-0.05, 0) is 54.9 Å². The minimum atomic E-state index is -3.96. The lowest BCUT2D eigenvalue weighted by molar-refractivity contribution is -0.145. The molecule has 13 heteroatoms. The molecule has 2 aromatic carbocycles. The van der Waals surface area contributed by atoms with Gasteiger partial charge in [-0.2, -0.15) is 0 Å². The van der Waals surface area contributed by atoms with Crippen molar-refractivity contribution in [3.8, 4) is 5.88 Å². The summed E-state index contributed by atoms with van der Waals surface area (Å²) in [7, 11) is -2.60. The SMILES string of the molecule is COc1nccnc1NS(=O)(=O)c1ccc(NC(=S)NC(=O)CCC(=O)OCCCc2ccccc2)cc1. The molecule has 1 heterocycles. The van der Waals surface area contributed by atoms with Crippen LogP contribution in [0.5, 0.6) is 5.88 Å². The highest BCUT2D eigenvalue weighted by Crippen LogP contribution is 2.22. The Bertz CT molecular complexity index is 1350. The molecule has 0 bridgehead atoms. The van der Waals surface area contributed by atoms with Crippen molar-refractivity contribution in [1.29, 1.82) is 0 Å². The Morgan fingerprint density at radius 2 is 1.68 bits per heavy atom. The number of benzene rings is 2. The largest absolute Gasteiger partial charge is 0.478 e. The Hall–Kier alpha value is -4.10. The first-order valence-corrected chi connectivity index (χ1v) is 13.4. The van der Waals surface area contributed by atoms with Crippen LogP contribution in [0.15, 0.2) is 71.9 Å². The third-order valence-corrected chi connectivity index (χ3v) is 6.60. The zero-order valence-corrected chi connectivity index (χ0v) is 22.2. The van der Waals surface area contributed by atoms with E-state index in [2.05, 4.69) is 25.3 Å². The van der Waals surface area contributed by atoms with Crippen molar-refractivity contribution in [2.24, 2.45) is 0 Å². The van der Waals surface area contributed by atoms with Crippen LogP contribution in [0.4, 0.5) is 11.5 Å². The second-order valence-electron chi connectivity index (χ2n) is 7.86. The van der Waals surface area contributed by atoms with Gasteiger partial charge in [0.1, 0.15) is 0 Å². The van der Waals surface area contributed by atoms with Crippen molar-refractivity contribution in [2.75, 3.05) is 23.8 Å². The number of nitrogens with one attached hydrogen (secondary N) is 3. The molecule has 0 radical (unpaired) electrons. The number of nitrogens with zero attached hydrogens (tertiary/aromatic N) is 2. The van der Waals surface area contributed by atoms with Gasteiger partial charge in [-0.15, -0.1) is 0 Å². The number of methoxy groups -OCH3 is 1. The van der Waals surface area contributed by atoms with Crippen LogP contribution in [-0.2, 0) is 30.8 Å². The fourth-order valence-corrected chi connectivity index (χ4v) is 4.43. The fourth-order valence-electron chi connectivity index (χ4n) is 3.19. The third kappa shape index (κ3) is 9.09. The topological polar surface area (TPSA) is 149 Å². The number of hydrogen-bond acceptors (Lipinski definition) is 9. The number of rotatable bonds is 12. The number of aryl methyl sites for hydroxylation is 1. The Kier molecular flexibility index (Phi) is 10.5. The summed E-state index contributed by atoms with van der Waals surface area (Å²) in [6.07, 6.45) is 4.04. The number of ether oxygens (including phenoxy) is 2. The highest BCUT2D eigenvalue weighted by Gasteiger charge is 2.18. The van der Waals surface area contributed by atoms with Gasteiger partial charge in [-0.3, -0.25) is 14.3 Å². The zero-order valence-electron chi connectivity index (χ0n) is 20.5. The van der Waals surface area contributed by atoms with Crippen LogP contribution in [0, 0.1) is 0 Å². The van der Waals surface area contributed by atoms with Gasteiger partial charge in [0.15, 0.2) is 5.11 Å². The van der Waals surface area contributed by atoms with Crippen molar-refractivity contribution < 1.29 is 27.5 Å². The normalized spacial score (nSPS) is 10.8. The summed E-state index contributed by atoms with van der Waals surface area (Å²) in [5, 5.41) is 5.27. The van der Waals surface area contributed by atoms with E-state index in [-0.39, 0.29) is 41.2 Å². The monoisotopic (exact) mass is 557 g/mol. The lowest BCUT2D eigenvalue weighted by Crippen LogP contribution is -2.34. The summed E-state index contributed by atoms with van der Waals surface area (Å²) in [5.74, 6) is -0.925. The molecule has 0 aliphatic rings. The second kappa shape index (κ2) is 14.0. The smallest absolute Gasteiger partial charge is 0.306 e. The first-order valence-electron chi connectivity index (χ1n) is 11.5. The van der Waals surface area contributed by atoms with Crippen LogP contribution in [-0.4, -0.2) is 49.1 Å². The maximum Gasteiger partial charge on any atom is 0.306 e. The maximum atomic E-state index is 12.6. The summed E-state index contributed by atoms with van der Waals surface area (Å²) < 4.78 is 37.8. The Labute approximate surface area is 226 Å². The number of amides is 1. The molecule has 0 saturated heterocycles. The molecule has 0 aliphatic carbocycles. The van der Waals surface area contributed by atoms with Crippen molar-refractivity contribution >= 4 is 50.7 Å². The van der Waals surface area contributed by atoms with E-state index >= 15 is 0 Å². The molecule has 200 valence electrons. The fraction of sp³-hybridized carbons (Fsp3) is 0.240. The van der Waals surface area contributed by atoms with E-state index in [1.165, 1.54) is 49.3 Å². The van der Waals surface area contributed by atoms with E-state index in [1.54, 1.807) is 0 Å². The Morgan fingerprint density at radius 1 is 0.974 bits per heavy atom. The minimum absolute atomic E-state index is 0.00394. The number of carbonyl (C=O) groups excluding carboxylic acids is 2. The van der Waals surface area contributed by atoms with Crippen LogP contribution in [0.2, 0.25) is 0 Å². The van der Waals surface area contributed by atoms with Crippen molar-refractivity contribution in [1.82, 2.24) is 15.3 Å². The number of carbonyl (C=O) groups is 2. The van der Waals surface area contributed by atoms with Crippen molar-refractivity contribution in [2.45, 2.75) is 30.6 Å². The Morgan fingerprint density at radius 3 is 2.39 bits per heavy atom. The highest BCUT2D eigenvalue weighted by atomic mass is 32.2. The van der Waals surface area contributed by atoms with Crippen molar-refractivity contribution in [3.63, 3.8) is 0 Å². The van der Waals surface area contributed by atoms with Gasteiger partial charge in [-0.25, -0.2) is 18.4 Å². The van der Waals surface area contributed by atoms with Gasteiger partial charge in [0, 0.05) is 24.5 Å². The molecule has 11 nitrogen and oxygen atoms in total. The van der Waals surface area contributed by atoms with Gasteiger partial charge in [0.05, 0.1) is 25.0 Å². The number of sulfonamides is 1. The average Bonchev–Trinajstić information content (AvgIpc) is 2.91. The second-order valence-corrected chi connectivity index (χ2v) is 9.95. The van der Waals surface area contributed by atoms with Crippen molar-refractivity contribution in [3.05, 3.63) is 72.6 Å². The van der Waals surface area contributed by atoms with E-state index in [9.17, 15) is 18.0 Å². The van der Waals surface area contributed by atoms with E-state index in [0.29, 0.717) is 12.1 Å². The van der Waals surface area contributed by atoms with E-state index < -0.39 is 21.9 Å². The molecule has 3 rings (SSSR count). The number of thiocarbonyl (C=S) groups is 1. The maximum absolute atomic E-state index is 12.6. The first kappa shape index (κ1) is 28.5. The molecular formula is C25H27N5O6S2. The molecule has 38 heavy (non-hydrogen) atoms. The molecule has 0 fully saturated rings. The van der Waals surface area contributed by atoms with Gasteiger partial charge >= 0.3 is 5.97 Å². The molecule has 0 spiro atoms. The molecule has 0 saturated carbocycles. The van der Waals surface area contributed by atoms with E-state index in [4.69, 9.17) is 21.7 Å². The lowest BCUT2D eigenvalue weighted by Gasteiger charge is -2.12. The molecule has 0 unspecified atom stereocenters. The van der Waals surface area contributed by atoms with Crippen LogP contribution < -0.4 is 20.1 Å². The van der Waals surface area contributed by atoms with Gasteiger partial charge in [0.25, 0.3) is 15.9 Å². The lowest BCUT2D eigenvalue weighted by atomic mass is 10.1. The number of hydrogen-bond donors (Lipinski definition) is 3.